The van der Waals surface area contributed by atoms with Gasteiger partial charge in [0.05, 0.1) is 11.6 Å². The minimum atomic E-state index is -0.441. The van der Waals surface area contributed by atoms with Gasteiger partial charge in [0, 0.05) is 5.92 Å². The number of amides is 1. The van der Waals surface area contributed by atoms with Gasteiger partial charge in [-0.05, 0) is 112 Å². The molecule has 0 aliphatic heterocycles. The molecule has 4 aliphatic rings. The van der Waals surface area contributed by atoms with Crippen molar-refractivity contribution in [3.63, 3.8) is 0 Å². The number of aliphatic hydroxyl groups is 1. The van der Waals surface area contributed by atoms with E-state index in [0.29, 0.717) is 5.92 Å². The van der Waals surface area contributed by atoms with E-state index in [2.05, 4.69) is 31.3 Å². The van der Waals surface area contributed by atoms with Crippen LogP contribution in [0.25, 0.3) is 0 Å². The van der Waals surface area contributed by atoms with Crippen LogP contribution in [0.15, 0.2) is 30.3 Å². The van der Waals surface area contributed by atoms with Crippen LogP contribution < -0.4 is 5.32 Å². The maximum atomic E-state index is 13.4. The van der Waals surface area contributed by atoms with Crippen LogP contribution in [0.1, 0.15) is 90.2 Å². The first-order chi connectivity index (χ1) is 14.8. The Morgan fingerprint density at radius 1 is 0.968 bits per heavy atom. The fraction of sp³-hybridized carbons (Fsp3) is 0.750. The highest BCUT2D eigenvalue weighted by molar-refractivity contribution is 5.80. The van der Waals surface area contributed by atoms with Crippen LogP contribution in [-0.4, -0.2) is 16.6 Å². The van der Waals surface area contributed by atoms with Gasteiger partial charge in [-0.3, -0.25) is 4.79 Å². The third-order valence-corrected chi connectivity index (χ3v) is 10.2. The Morgan fingerprint density at radius 2 is 1.71 bits per heavy atom. The van der Waals surface area contributed by atoms with E-state index in [4.69, 9.17) is 0 Å². The van der Waals surface area contributed by atoms with Crippen molar-refractivity contribution in [2.24, 2.45) is 40.9 Å². The molecule has 1 aromatic carbocycles. The molecule has 0 bridgehead atoms. The number of carbonyl (C=O) groups excluding carboxylic acids is 1. The zero-order valence-electron chi connectivity index (χ0n) is 19.6. The molecule has 170 valence electrons. The molecule has 0 heterocycles. The average Bonchev–Trinajstić information content (AvgIpc) is 3.10. The maximum Gasteiger partial charge on any atom is 0.224 e. The van der Waals surface area contributed by atoms with Gasteiger partial charge < -0.3 is 10.4 Å². The molecule has 5 rings (SSSR count). The lowest BCUT2D eigenvalue weighted by atomic mass is 9.49. The molecule has 0 radical (unpaired) electrons. The molecular formula is C28H41NO2. The Hall–Kier alpha value is -1.35. The van der Waals surface area contributed by atoms with Crippen LogP contribution in [0.3, 0.4) is 0 Å². The predicted molar refractivity (Wildman–Crippen MR) is 124 cm³/mol. The Balaban J connectivity index is 1.28. The van der Waals surface area contributed by atoms with E-state index in [0.717, 1.165) is 42.9 Å². The van der Waals surface area contributed by atoms with Gasteiger partial charge in [-0.25, -0.2) is 0 Å². The van der Waals surface area contributed by atoms with Gasteiger partial charge in [-0.1, -0.05) is 37.3 Å². The van der Waals surface area contributed by atoms with Crippen LogP contribution in [0.5, 0.6) is 0 Å². The molecule has 1 amide bonds. The Kier molecular flexibility index (Phi) is 5.48. The van der Waals surface area contributed by atoms with Crippen molar-refractivity contribution in [3.8, 4) is 0 Å². The van der Waals surface area contributed by atoms with E-state index in [9.17, 15) is 9.90 Å². The molecular weight excluding hydrogens is 382 g/mol. The molecule has 4 saturated carbocycles. The van der Waals surface area contributed by atoms with E-state index < -0.39 is 5.60 Å². The number of nitrogens with one attached hydrogen (secondary N) is 1. The summed E-state index contributed by atoms with van der Waals surface area (Å²) >= 11 is 0. The van der Waals surface area contributed by atoms with Gasteiger partial charge in [-0.15, -0.1) is 0 Å². The molecule has 2 N–H and O–H groups in total. The lowest BCUT2D eigenvalue weighted by molar-refractivity contribution is -0.135. The molecule has 0 aromatic heterocycles. The molecule has 0 saturated heterocycles. The van der Waals surface area contributed by atoms with E-state index >= 15 is 0 Å². The average molecular weight is 424 g/mol. The van der Waals surface area contributed by atoms with Gasteiger partial charge in [0.25, 0.3) is 0 Å². The van der Waals surface area contributed by atoms with Gasteiger partial charge in [0.1, 0.15) is 0 Å². The highest BCUT2D eigenvalue weighted by Crippen LogP contribution is 2.64. The third-order valence-electron chi connectivity index (χ3n) is 10.2. The Labute approximate surface area is 188 Å². The zero-order valence-corrected chi connectivity index (χ0v) is 19.6. The largest absolute Gasteiger partial charge is 0.390 e. The number of rotatable bonds is 3. The standard InChI is InChI=1S/C28H41NO2/c1-18(19-7-5-4-6-8-19)29-26(30)25-12-11-24-23-10-9-20-17-27(2,31)15-13-21(20)22(23)14-16-28(24,25)3/h4-8,18,20-25,31H,9-17H2,1-3H3,(H,29,30)/t18-,20-,21+,22-,23-,24+,25-,27-,28+/m1/s1. The van der Waals surface area contributed by atoms with E-state index in [1.807, 2.05) is 25.1 Å². The van der Waals surface area contributed by atoms with E-state index in [-0.39, 0.29) is 23.3 Å². The van der Waals surface area contributed by atoms with E-state index in [1.54, 1.807) is 0 Å². The Morgan fingerprint density at radius 3 is 2.48 bits per heavy atom. The monoisotopic (exact) mass is 423 g/mol. The normalized spacial score (nSPS) is 45.2. The number of carbonyl (C=O) groups is 1. The highest BCUT2D eigenvalue weighted by Gasteiger charge is 2.58. The second-order valence-electron chi connectivity index (χ2n) is 12.0. The van der Waals surface area contributed by atoms with E-state index in [1.165, 1.54) is 44.1 Å². The summed E-state index contributed by atoms with van der Waals surface area (Å²) in [7, 11) is 0. The molecule has 4 fully saturated rings. The summed E-state index contributed by atoms with van der Waals surface area (Å²) in [6.45, 7) is 6.60. The lowest BCUT2D eigenvalue weighted by Gasteiger charge is -2.56. The van der Waals surface area contributed by atoms with Crippen molar-refractivity contribution in [3.05, 3.63) is 35.9 Å². The lowest BCUT2D eigenvalue weighted by Crippen LogP contribution is -2.51. The van der Waals surface area contributed by atoms with Crippen molar-refractivity contribution in [2.45, 2.75) is 90.2 Å². The summed E-state index contributed by atoms with van der Waals surface area (Å²) in [6, 6.07) is 10.4. The minimum Gasteiger partial charge on any atom is -0.390 e. The number of hydrogen-bond acceptors (Lipinski definition) is 2. The molecule has 0 unspecified atom stereocenters. The predicted octanol–water partition coefficient (Wildman–Crippen LogP) is 5.88. The quantitative estimate of drug-likeness (QED) is 0.637. The second-order valence-corrected chi connectivity index (χ2v) is 12.0. The van der Waals surface area contributed by atoms with Crippen molar-refractivity contribution < 1.29 is 9.90 Å². The van der Waals surface area contributed by atoms with Crippen molar-refractivity contribution in [1.29, 1.82) is 0 Å². The second kappa shape index (κ2) is 7.90. The molecule has 3 nitrogen and oxygen atoms in total. The van der Waals surface area contributed by atoms with Crippen molar-refractivity contribution in [2.75, 3.05) is 0 Å². The zero-order chi connectivity index (χ0) is 21.8. The fourth-order valence-corrected chi connectivity index (χ4v) is 8.65. The van der Waals surface area contributed by atoms with Crippen LogP contribution in [0.2, 0.25) is 0 Å². The van der Waals surface area contributed by atoms with Crippen molar-refractivity contribution >= 4 is 5.91 Å². The molecule has 4 aliphatic carbocycles. The highest BCUT2D eigenvalue weighted by atomic mass is 16.3. The molecule has 3 heteroatoms. The first-order valence-electron chi connectivity index (χ1n) is 12.9. The maximum absolute atomic E-state index is 13.4. The van der Waals surface area contributed by atoms with Crippen LogP contribution in [0, 0.1) is 40.9 Å². The van der Waals surface area contributed by atoms with Gasteiger partial charge in [0.2, 0.25) is 5.91 Å². The number of fused-ring (bicyclic) bond motifs is 5. The van der Waals surface area contributed by atoms with Crippen LogP contribution >= 0.6 is 0 Å². The third kappa shape index (κ3) is 3.75. The topological polar surface area (TPSA) is 49.3 Å². The summed E-state index contributed by atoms with van der Waals surface area (Å²) in [5.41, 5.74) is 0.906. The smallest absolute Gasteiger partial charge is 0.224 e. The van der Waals surface area contributed by atoms with Crippen LogP contribution in [0.4, 0.5) is 0 Å². The molecule has 9 atom stereocenters. The molecule has 0 spiro atoms. The fourth-order valence-electron chi connectivity index (χ4n) is 8.65. The summed E-state index contributed by atoms with van der Waals surface area (Å²) in [6.07, 6.45) is 10.6. The summed E-state index contributed by atoms with van der Waals surface area (Å²) in [5, 5.41) is 14.0. The van der Waals surface area contributed by atoms with Gasteiger partial charge >= 0.3 is 0 Å². The molecule has 1 aromatic rings. The Bertz CT molecular complexity index is 804. The molecule has 31 heavy (non-hydrogen) atoms. The van der Waals surface area contributed by atoms with Crippen LogP contribution in [-0.2, 0) is 4.79 Å². The summed E-state index contributed by atoms with van der Waals surface area (Å²) in [5.74, 6) is 4.32. The van der Waals surface area contributed by atoms with Gasteiger partial charge in [0.15, 0.2) is 0 Å². The number of hydrogen-bond donors (Lipinski definition) is 2. The first-order valence-corrected chi connectivity index (χ1v) is 12.9. The summed E-state index contributed by atoms with van der Waals surface area (Å²) < 4.78 is 0. The van der Waals surface area contributed by atoms with Gasteiger partial charge in [-0.2, -0.15) is 0 Å². The summed E-state index contributed by atoms with van der Waals surface area (Å²) in [4.78, 5) is 13.4. The van der Waals surface area contributed by atoms with Crippen molar-refractivity contribution in [1.82, 2.24) is 5.32 Å². The SMILES string of the molecule is C[C@@H](NC(=O)[C@H]1CC[C@H]2[C@@H]3CC[C@@H]4C[C@](C)(O)CC[C@@H]4[C@H]3CC[C@]12C)c1ccccc1. The number of benzene rings is 1. The minimum absolute atomic E-state index is 0.0677. The first kappa shape index (κ1) is 21.5.